The highest BCUT2D eigenvalue weighted by Crippen LogP contribution is 2.13. The third kappa shape index (κ3) is 5.28. The van der Waals surface area contributed by atoms with Gasteiger partial charge in [0.05, 0.1) is 4.90 Å². The molecule has 0 spiro atoms. The highest BCUT2D eigenvalue weighted by atomic mass is 32.2. The molecule has 1 aromatic rings. The summed E-state index contributed by atoms with van der Waals surface area (Å²) in [6.45, 7) is 3.66. The maximum Gasteiger partial charge on any atom is 0.240 e. The maximum absolute atomic E-state index is 12.0. The van der Waals surface area contributed by atoms with Gasteiger partial charge in [0.1, 0.15) is 0 Å². The summed E-state index contributed by atoms with van der Waals surface area (Å²) in [5.74, 6) is -0.202. The van der Waals surface area contributed by atoms with E-state index in [1.54, 1.807) is 12.1 Å². The first-order chi connectivity index (χ1) is 9.35. The fourth-order valence-electron chi connectivity index (χ4n) is 1.59. The minimum Gasteiger partial charge on any atom is -0.328 e. The van der Waals surface area contributed by atoms with Crippen LogP contribution in [-0.4, -0.2) is 26.9 Å². The van der Waals surface area contributed by atoms with Gasteiger partial charge in [-0.2, -0.15) is 0 Å². The zero-order valence-corrected chi connectivity index (χ0v) is 12.5. The Morgan fingerprint density at radius 3 is 2.40 bits per heavy atom. The number of benzene rings is 1. The van der Waals surface area contributed by atoms with Crippen molar-refractivity contribution in [2.75, 3.05) is 11.9 Å². The van der Waals surface area contributed by atoms with E-state index >= 15 is 0 Å². The van der Waals surface area contributed by atoms with Gasteiger partial charge in [-0.15, -0.1) is 0 Å². The van der Waals surface area contributed by atoms with Crippen molar-refractivity contribution in [1.29, 1.82) is 0 Å². The average Bonchev–Trinajstić information content (AvgIpc) is 2.38. The van der Waals surface area contributed by atoms with Gasteiger partial charge in [0, 0.05) is 25.2 Å². The number of anilines is 1. The molecule has 6 nitrogen and oxygen atoms in total. The minimum atomic E-state index is -3.53. The molecule has 0 bridgehead atoms. The lowest BCUT2D eigenvalue weighted by Gasteiger charge is -2.10. The lowest BCUT2D eigenvalue weighted by Crippen LogP contribution is -2.30. The molecule has 20 heavy (non-hydrogen) atoms. The van der Waals surface area contributed by atoms with E-state index in [2.05, 4.69) is 10.0 Å². The van der Waals surface area contributed by atoms with Crippen molar-refractivity contribution >= 4 is 21.6 Å². The predicted octanol–water partition coefficient (Wildman–Crippen LogP) is 1.05. The Labute approximate surface area is 119 Å². The number of carbonyl (C=O) groups excluding carboxylic acids is 1. The molecule has 0 saturated heterocycles. The molecule has 0 heterocycles. The van der Waals surface area contributed by atoms with Crippen LogP contribution in [0, 0.1) is 0 Å². The Balaban J connectivity index is 2.65. The van der Waals surface area contributed by atoms with Crippen LogP contribution >= 0.6 is 0 Å². The van der Waals surface area contributed by atoms with Gasteiger partial charge < -0.3 is 11.1 Å². The summed E-state index contributed by atoms with van der Waals surface area (Å²) in [6.07, 6.45) is 1.41. The van der Waals surface area contributed by atoms with E-state index < -0.39 is 10.0 Å². The van der Waals surface area contributed by atoms with Gasteiger partial charge in [-0.1, -0.05) is 6.92 Å². The predicted molar refractivity (Wildman–Crippen MR) is 78.8 cm³/mol. The van der Waals surface area contributed by atoms with E-state index in [1.165, 1.54) is 19.1 Å². The van der Waals surface area contributed by atoms with Crippen LogP contribution in [0.4, 0.5) is 5.69 Å². The first-order valence-corrected chi connectivity index (χ1v) is 7.96. The van der Waals surface area contributed by atoms with Gasteiger partial charge >= 0.3 is 0 Å². The molecule has 0 radical (unpaired) electrons. The maximum atomic E-state index is 12.0. The van der Waals surface area contributed by atoms with Crippen molar-refractivity contribution in [3.63, 3.8) is 0 Å². The molecule has 0 aromatic heterocycles. The van der Waals surface area contributed by atoms with Crippen molar-refractivity contribution in [1.82, 2.24) is 4.72 Å². The molecule has 0 aliphatic carbocycles. The molecule has 112 valence electrons. The zero-order chi connectivity index (χ0) is 15.2. The summed E-state index contributed by atoms with van der Waals surface area (Å²) in [5, 5.41) is 2.58. The molecule has 1 aromatic carbocycles. The third-order valence-corrected chi connectivity index (χ3v) is 4.29. The van der Waals surface area contributed by atoms with Crippen LogP contribution in [0.3, 0.4) is 0 Å². The van der Waals surface area contributed by atoms with Crippen LogP contribution in [0.5, 0.6) is 0 Å². The van der Waals surface area contributed by atoms with Crippen molar-refractivity contribution in [3.8, 4) is 0 Å². The first-order valence-electron chi connectivity index (χ1n) is 6.48. The lowest BCUT2D eigenvalue weighted by atomic mass is 10.2. The molecule has 1 amide bonds. The summed E-state index contributed by atoms with van der Waals surface area (Å²) in [4.78, 5) is 11.0. The van der Waals surface area contributed by atoms with Crippen molar-refractivity contribution < 1.29 is 13.2 Å². The zero-order valence-electron chi connectivity index (χ0n) is 11.7. The summed E-state index contributed by atoms with van der Waals surface area (Å²) in [5.41, 5.74) is 6.29. The van der Waals surface area contributed by atoms with Gasteiger partial charge in [0.25, 0.3) is 0 Å². The van der Waals surface area contributed by atoms with E-state index in [9.17, 15) is 13.2 Å². The Kier molecular flexibility index (Phi) is 6.12. The summed E-state index contributed by atoms with van der Waals surface area (Å²) in [7, 11) is -3.53. The number of nitrogens with two attached hydrogens (primary N) is 1. The molecule has 1 atom stereocenters. The molecular weight excluding hydrogens is 278 g/mol. The standard InChI is InChI=1S/C13H21N3O3S/c1-3-11(14)8-9-15-20(18,19)13-6-4-12(5-7-13)16-10(2)17/h4-7,11,15H,3,8-9,14H2,1-2H3,(H,16,17). The Morgan fingerprint density at radius 1 is 1.30 bits per heavy atom. The van der Waals surface area contributed by atoms with Crippen molar-refractivity contribution in [2.24, 2.45) is 5.73 Å². The molecule has 0 fully saturated rings. The second kappa shape index (κ2) is 7.37. The Hall–Kier alpha value is -1.44. The van der Waals surface area contributed by atoms with E-state index in [0.29, 0.717) is 18.7 Å². The van der Waals surface area contributed by atoms with Crippen LogP contribution in [0.1, 0.15) is 26.7 Å². The number of rotatable bonds is 7. The van der Waals surface area contributed by atoms with Crippen LogP contribution < -0.4 is 15.8 Å². The van der Waals surface area contributed by atoms with E-state index in [-0.39, 0.29) is 16.8 Å². The molecule has 0 saturated carbocycles. The number of nitrogens with one attached hydrogen (secondary N) is 2. The van der Waals surface area contributed by atoms with Crippen LogP contribution in [0.2, 0.25) is 0 Å². The molecule has 1 unspecified atom stereocenters. The average molecular weight is 299 g/mol. The third-order valence-electron chi connectivity index (χ3n) is 2.82. The quantitative estimate of drug-likeness (QED) is 0.700. The van der Waals surface area contributed by atoms with E-state index in [1.807, 2.05) is 6.92 Å². The fraction of sp³-hybridized carbons (Fsp3) is 0.462. The van der Waals surface area contributed by atoms with Crippen LogP contribution in [0.25, 0.3) is 0 Å². The van der Waals surface area contributed by atoms with E-state index in [0.717, 1.165) is 6.42 Å². The Morgan fingerprint density at radius 2 is 1.90 bits per heavy atom. The highest BCUT2D eigenvalue weighted by molar-refractivity contribution is 7.89. The van der Waals surface area contributed by atoms with Crippen molar-refractivity contribution in [2.45, 2.75) is 37.6 Å². The SMILES string of the molecule is CCC(N)CCNS(=O)(=O)c1ccc(NC(C)=O)cc1. The molecule has 4 N–H and O–H groups in total. The normalized spacial score (nSPS) is 12.9. The molecule has 7 heteroatoms. The molecule has 0 aliphatic rings. The van der Waals surface area contributed by atoms with Gasteiger partial charge in [0.15, 0.2) is 0 Å². The molecular formula is C13H21N3O3S. The highest BCUT2D eigenvalue weighted by Gasteiger charge is 2.13. The van der Waals surface area contributed by atoms with Crippen LogP contribution in [0.15, 0.2) is 29.2 Å². The largest absolute Gasteiger partial charge is 0.328 e. The van der Waals surface area contributed by atoms with Crippen LogP contribution in [-0.2, 0) is 14.8 Å². The van der Waals surface area contributed by atoms with E-state index in [4.69, 9.17) is 5.73 Å². The fourth-order valence-corrected chi connectivity index (χ4v) is 2.63. The van der Waals surface area contributed by atoms with Gasteiger partial charge in [-0.05, 0) is 37.1 Å². The first kappa shape index (κ1) is 16.6. The van der Waals surface area contributed by atoms with Gasteiger partial charge in [0.2, 0.25) is 15.9 Å². The summed E-state index contributed by atoms with van der Waals surface area (Å²) >= 11 is 0. The monoisotopic (exact) mass is 299 g/mol. The van der Waals surface area contributed by atoms with Gasteiger partial charge in [-0.3, -0.25) is 4.79 Å². The molecule has 0 aliphatic heterocycles. The topological polar surface area (TPSA) is 101 Å². The number of amides is 1. The summed E-state index contributed by atoms with van der Waals surface area (Å²) in [6, 6.07) is 6.00. The summed E-state index contributed by atoms with van der Waals surface area (Å²) < 4.78 is 26.5. The number of hydrogen-bond acceptors (Lipinski definition) is 4. The lowest BCUT2D eigenvalue weighted by molar-refractivity contribution is -0.114. The van der Waals surface area contributed by atoms with Gasteiger partial charge in [-0.25, -0.2) is 13.1 Å². The number of hydrogen-bond donors (Lipinski definition) is 3. The number of sulfonamides is 1. The second-order valence-corrected chi connectivity index (χ2v) is 6.33. The Bertz CT molecular complexity index is 540. The molecule has 1 rings (SSSR count). The smallest absolute Gasteiger partial charge is 0.240 e. The second-order valence-electron chi connectivity index (χ2n) is 4.56. The number of carbonyl (C=O) groups is 1. The minimum absolute atomic E-state index is 0.000146. The van der Waals surface area contributed by atoms with Crippen molar-refractivity contribution in [3.05, 3.63) is 24.3 Å².